The molecule has 76 valence electrons. The fourth-order valence-electron chi connectivity index (χ4n) is 1.24. The number of ether oxygens (including phenoxy) is 2. The Bertz CT molecular complexity index is 317. The number of rotatable bonds is 4. The van der Waals surface area contributed by atoms with E-state index in [4.69, 9.17) is 15.2 Å². The molecule has 0 radical (unpaired) electrons. The molecule has 0 fully saturated rings. The van der Waals surface area contributed by atoms with Crippen LogP contribution in [0.5, 0.6) is 11.5 Å². The average molecular weight is 211 g/mol. The van der Waals surface area contributed by atoms with Crippen LogP contribution < -0.4 is 15.2 Å². The van der Waals surface area contributed by atoms with Crippen LogP contribution in [0.15, 0.2) is 23.1 Å². The number of nitrogens with two attached hydrogens (primary N) is 1. The molecule has 1 aromatic carbocycles. The summed E-state index contributed by atoms with van der Waals surface area (Å²) >= 11 is 1.80. The zero-order valence-electron chi connectivity index (χ0n) is 7.86. The van der Waals surface area contributed by atoms with Crippen LogP contribution in [0.2, 0.25) is 0 Å². The summed E-state index contributed by atoms with van der Waals surface area (Å²) in [6.45, 7) is 1.09. The second-order valence-corrected chi connectivity index (χ2v) is 4.17. The van der Waals surface area contributed by atoms with Gasteiger partial charge in [-0.05, 0) is 36.9 Å². The smallest absolute Gasteiger partial charge is 0.231 e. The van der Waals surface area contributed by atoms with Crippen molar-refractivity contribution < 1.29 is 9.47 Å². The number of hydrogen-bond acceptors (Lipinski definition) is 4. The van der Waals surface area contributed by atoms with Gasteiger partial charge in [0.1, 0.15) is 0 Å². The Balaban J connectivity index is 1.98. The van der Waals surface area contributed by atoms with Crippen molar-refractivity contribution in [3.05, 3.63) is 18.2 Å². The first kappa shape index (κ1) is 9.68. The van der Waals surface area contributed by atoms with Gasteiger partial charge in [0.05, 0.1) is 0 Å². The van der Waals surface area contributed by atoms with Crippen LogP contribution in [0, 0.1) is 0 Å². The average Bonchev–Trinajstić information content (AvgIpc) is 2.65. The Labute approximate surface area is 87.6 Å². The molecule has 1 aromatic rings. The SMILES string of the molecule is NCCCSc1ccc2c(c1)OCO2. The molecular weight excluding hydrogens is 198 g/mol. The Morgan fingerprint density at radius 2 is 2.14 bits per heavy atom. The first-order valence-electron chi connectivity index (χ1n) is 4.62. The van der Waals surface area contributed by atoms with Gasteiger partial charge in [-0.2, -0.15) is 0 Å². The highest BCUT2D eigenvalue weighted by atomic mass is 32.2. The number of thioether (sulfide) groups is 1. The van der Waals surface area contributed by atoms with E-state index in [2.05, 4.69) is 6.07 Å². The van der Waals surface area contributed by atoms with Crippen molar-refractivity contribution in [2.75, 3.05) is 19.1 Å². The Morgan fingerprint density at radius 3 is 3.00 bits per heavy atom. The van der Waals surface area contributed by atoms with E-state index in [0.29, 0.717) is 6.79 Å². The van der Waals surface area contributed by atoms with Gasteiger partial charge in [-0.25, -0.2) is 0 Å². The van der Waals surface area contributed by atoms with Crippen LogP contribution >= 0.6 is 11.8 Å². The summed E-state index contributed by atoms with van der Waals surface area (Å²) in [5.74, 6) is 2.74. The largest absolute Gasteiger partial charge is 0.454 e. The van der Waals surface area contributed by atoms with E-state index in [9.17, 15) is 0 Å². The molecule has 1 aliphatic heterocycles. The Hall–Kier alpha value is -0.870. The molecule has 0 amide bonds. The van der Waals surface area contributed by atoms with E-state index in [1.165, 1.54) is 4.90 Å². The van der Waals surface area contributed by atoms with Crippen LogP contribution in [0.1, 0.15) is 6.42 Å². The van der Waals surface area contributed by atoms with Gasteiger partial charge in [0.2, 0.25) is 6.79 Å². The molecule has 0 atom stereocenters. The van der Waals surface area contributed by atoms with Crippen molar-refractivity contribution in [2.24, 2.45) is 5.73 Å². The lowest BCUT2D eigenvalue weighted by atomic mass is 10.3. The van der Waals surface area contributed by atoms with Crippen molar-refractivity contribution in [1.82, 2.24) is 0 Å². The molecule has 3 nitrogen and oxygen atoms in total. The Morgan fingerprint density at radius 1 is 1.29 bits per heavy atom. The predicted molar refractivity (Wildman–Crippen MR) is 57.0 cm³/mol. The summed E-state index contributed by atoms with van der Waals surface area (Å²) in [5.41, 5.74) is 5.42. The van der Waals surface area contributed by atoms with Crippen LogP contribution in [0.25, 0.3) is 0 Å². The maximum absolute atomic E-state index is 5.42. The molecule has 0 saturated heterocycles. The minimum Gasteiger partial charge on any atom is -0.454 e. The predicted octanol–water partition coefficient (Wildman–Crippen LogP) is 1.86. The van der Waals surface area contributed by atoms with Crippen LogP contribution in [0.3, 0.4) is 0 Å². The molecule has 1 heterocycles. The summed E-state index contributed by atoms with van der Waals surface area (Å²) in [6, 6.07) is 6.02. The fourth-order valence-corrected chi connectivity index (χ4v) is 2.14. The topological polar surface area (TPSA) is 44.5 Å². The molecule has 0 aliphatic carbocycles. The van der Waals surface area contributed by atoms with E-state index >= 15 is 0 Å². The summed E-state index contributed by atoms with van der Waals surface area (Å²) < 4.78 is 10.5. The second kappa shape index (κ2) is 4.57. The minimum atomic E-state index is 0.340. The zero-order chi connectivity index (χ0) is 9.80. The maximum Gasteiger partial charge on any atom is 0.231 e. The van der Waals surface area contributed by atoms with E-state index < -0.39 is 0 Å². The molecule has 0 bridgehead atoms. The first-order chi connectivity index (χ1) is 6.90. The molecule has 14 heavy (non-hydrogen) atoms. The molecule has 2 rings (SSSR count). The summed E-state index contributed by atoms with van der Waals surface area (Å²) in [4.78, 5) is 1.21. The summed E-state index contributed by atoms with van der Waals surface area (Å²) in [7, 11) is 0. The highest BCUT2D eigenvalue weighted by molar-refractivity contribution is 7.99. The molecule has 0 unspecified atom stereocenters. The van der Waals surface area contributed by atoms with E-state index in [0.717, 1.165) is 30.2 Å². The maximum atomic E-state index is 5.42. The molecule has 0 saturated carbocycles. The van der Waals surface area contributed by atoms with Gasteiger partial charge in [0.15, 0.2) is 11.5 Å². The van der Waals surface area contributed by atoms with Gasteiger partial charge in [-0.3, -0.25) is 0 Å². The van der Waals surface area contributed by atoms with E-state index in [1.54, 1.807) is 11.8 Å². The molecule has 0 spiro atoms. The van der Waals surface area contributed by atoms with E-state index in [-0.39, 0.29) is 0 Å². The molecule has 2 N–H and O–H groups in total. The van der Waals surface area contributed by atoms with Crippen molar-refractivity contribution in [2.45, 2.75) is 11.3 Å². The normalized spacial score (nSPS) is 13.2. The number of fused-ring (bicyclic) bond motifs is 1. The van der Waals surface area contributed by atoms with Crippen LogP contribution in [-0.2, 0) is 0 Å². The van der Waals surface area contributed by atoms with Gasteiger partial charge in [-0.15, -0.1) is 11.8 Å². The monoisotopic (exact) mass is 211 g/mol. The zero-order valence-corrected chi connectivity index (χ0v) is 8.68. The minimum absolute atomic E-state index is 0.340. The van der Waals surface area contributed by atoms with E-state index in [1.807, 2.05) is 12.1 Å². The van der Waals surface area contributed by atoms with Gasteiger partial charge >= 0.3 is 0 Å². The van der Waals surface area contributed by atoms with Crippen molar-refractivity contribution >= 4 is 11.8 Å². The molecule has 0 aromatic heterocycles. The van der Waals surface area contributed by atoms with Gasteiger partial charge in [-0.1, -0.05) is 0 Å². The highest BCUT2D eigenvalue weighted by Crippen LogP contribution is 2.35. The standard InChI is InChI=1S/C10H13NO2S/c11-4-1-5-14-8-2-3-9-10(6-8)13-7-12-9/h2-3,6H,1,4-5,7,11H2. The molecular formula is C10H13NO2S. The van der Waals surface area contributed by atoms with Crippen molar-refractivity contribution in [1.29, 1.82) is 0 Å². The third-order valence-corrected chi connectivity index (χ3v) is 3.04. The quantitative estimate of drug-likeness (QED) is 0.610. The van der Waals surface area contributed by atoms with Crippen molar-refractivity contribution in [3.63, 3.8) is 0 Å². The van der Waals surface area contributed by atoms with Crippen molar-refractivity contribution in [3.8, 4) is 11.5 Å². The Kier molecular flexibility index (Phi) is 3.16. The molecule has 1 aliphatic rings. The second-order valence-electron chi connectivity index (χ2n) is 3.01. The first-order valence-corrected chi connectivity index (χ1v) is 5.61. The lowest BCUT2D eigenvalue weighted by molar-refractivity contribution is 0.174. The molecule has 4 heteroatoms. The fraction of sp³-hybridized carbons (Fsp3) is 0.400. The van der Waals surface area contributed by atoms with Crippen LogP contribution in [-0.4, -0.2) is 19.1 Å². The lowest BCUT2D eigenvalue weighted by Crippen LogP contribution is -1.99. The van der Waals surface area contributed by atoms with Gasteiger partial charge < -0.3 is 15.2 Å². The lowest BCUT2D eigenvalue weighted by Gasteiger charge is -2.01. The number of hydrogen-bond donors (Lipinski definition) is 1. The van der Waals surface area contributed by atoms with Gasteiger partial charge in [0, 0.05) is 4.90 Å². The number of benzene rings is 1. The highest BCUT2D eigenvalue weighted by Gasteiger charge is 2.12. The van der Waals surface area contributed by atoms with Gasteiger partial charge in [0.25, 0.3) is 0 Å². The summed E-state index contributed by atoms with van der Waals surface area (Å²) in [6.07, 6.45) is 1.04. The summed E-state index contributed by atoms with van der Waals surface area (Å²) in [5, 5.41) is 0. The third-order valence-electron chi connectivity index (χ3n) is 1.96. The third kappa shape index (κ3) is 2.13. The van der Waals surface area contributed by atoms with Crippen LogP contribution in [0.4, 0.5) is 0 Å².